The SMILES string of the molecule is O=c1[nH]cccc1C1CCC1. The highest BCUT2D eigenvalue weighted by molar-refractivity contribution is 5.16. The van der Waals surface area contributed by atoms with Crippen LogP contribution in [0.4, 0.5) is 0 Å². The standard InChI is InChI=1S/C9H11NO/c11-9-8(5-2-6-10-9)7-3-1-4-7/h2,5-7H,1,3-4H2,(H,10,11). The van der Waals surface area contributed by atoms with Crippen molar-refractivity contribution in [3.8, 4) is 0 Å². The highest BCUT2D eigenvalue weighted by Gasteiger charge is 2.21. The summed E-state index contributed by atoms with van der Waals surface area (Å²) in [6, 6.07) is 3.83. The van der Waals surface area contributed by atoms with E-state index in [-0.39, 0.29) is 5.56 Å². The Morgan fingerprint density at radius 3 is 2.82 bits per heavy atom. The Morgan fingerprint density at radius 1 is 1.45 bits per heavy atom. The number of aromatic nitrogens is 1. The van der Waals surface area contributed by atoms with E-state index in [2.05, 4.69) is 4.98 Å². The average molecular weight is 149 g/mol. The van der Waals surface area contributed by atoms with E-state index in [0.29, 0.717) is 5.92 Å². The average Bonchev–Trinajstić information content (AvgIpc) is 1.90. The van der Waals surface area contributed by atoms with Crippen molar-refractivity contribution in [3.05, 3.63) is 34.2 Å². The molecule has 2 nitrogen and oxygen atoms in total. The Kier molecular flexibility index (Phi) is 1.53. The van der Waals surface area contributed by atoms with Crippen molar-refractivity contribution < 1.29 is 0 Å². The second-order valence-corrected chi connectivity index (χ2v) is 3.08. The molecule has 0 radical (unpaired) electrons. The van der Waals surface area contributed by atoms with Crippen LogP contribution in [-0.4, -0.2) is 4.98 Å². The van der Waals surface area contributed by atoms with E-state index in [9.17, 15) is 4.79 Å². The molecule has 0 aliphatic heterocycles. The Morgan fingerprint density at radius 2 is 2.27 bits per heavy atom. The number of hydrogen-bond acceptors (Lipinski definition) is 1. The lowest BCUT2D eigenvalue weighted by atomic mass is 9.81. The van der Waals surface area contributed by atoms with Gasteiger partial charge in [-0.25, -0.2) is 0 Å². The summed E-state index contributed by atoms with van der Waals surface area (Å²) in [7, 11) is 0. The molecule has 0 saturated heterocycles. The van der Waals surface area contributed by atoms with Crippen molar-refractivity contribution in [1.82, 2.24) is 4.98 Å². The van der Waals surface area contributed by atoms with Gasteiger partial charge in [0.25, 0.3) is 5.56 Å². The van der Waals surface area contributed by atoms with Crippen LogP contribution < -0.4 is 5.56 Å². The highest BCUT2D eigenvalue weighted by Crippen LogP contribution is 2.34. The molecule has 0 amide bonds. The zero-order valence-corrected chi connectivity index (χ0v) is 6.34. The first-order chi connectivity index (χ1) is 5.38. The normalized spacial score (nSPS) is 17.8. The fraction of sp³-hybridized carbons (Fsp3) is 0.444. The molecule has 1 saturated carbocycles. The number of H-pyrrole nitrogens is 1. The third kappa shape index (κ3) is 1.09. The van der Waals surface area contributed by atoms with Crippen LogP contribution in [0.3, 0.4) is 0 Å². The quantitative estimate of drug-likeness (QED) is 0.647. The molecule has 0 spiro atoms. The van der Waals surface area contributed by atoms with Crippen LogP contribution in [-0.2, 0) is 0 Å². The van der Waals surface area contributed by atoms with Crippen molar-refractivity contribution in [2.24, 2.45) is 0 Å². The van der Waals surface area contributed by atoms with Gasteiger partial charge in [-0.15, -0.1) is 0 Å². The summed E-state index contributed by atoms with van der Waals surface area (Å²) in [5.41, 5.74) is 1.07. The van der Waals surface area contributed by atoms with Crippen molar-refractivity contribution in [3.63, 3.8) is 0 Å². The maximum absolute atomic E-state index is 11.2. The summed E-state index contributed by atoms with van der Waals surface area (Å²) in [5, 5.41) is 0. The number of aromatic amines is 1. The largest absolute Gasteiger partial charge is 0.329 e. The minimum atomic E-state index is 0.0946. The first-order valence-corrected chi connectivity index (χ1v) is 4.05. The molecule has 1 fully saturated rings. The number of hydrogen-bond donors (Lipinski definition) is 1. The van der Waals surface area contributed by atoms with Crippen LogP contribution in [0.15, 0.2) is 23.1 Å². The zero-order valence-electron chi connectivity index (χ0n) is 6.34. The fourth-order valence-electron chi connectivity index (χ4n) is 1.48. The van der Waals surface area contributed by atoms with Gasteiger partial charge in [0.05, 0.1) is 0 Å². The van der Waals surface area contributed by atoms with Gasteiger partial charge in [-0.05, 0) is 24.8 Å². The Bertz CT molecular complexity index is 298. The van der Waals surface area contributed by atoms with Gasteiger partial charge in [-0.1, -0.05) is 12.5 Å². The van der Waals surface area contributed by atoms with Gasteiger partial charge in [-0.3, -0.25) is 4.79 Å². The molecule has 1 aliphatic rings. The molecule has 1 heterocycles. The van der Waals surface area contributed by atoms with Crippen molar-refractivity contribution in [2.45, 2.75) is 25.2 Å². The van der Waals surface area contributed by atoms with Gasteiger partial charge in [-0.2, -0.15) is 0 Å². The summed E-state index contributed by atoms with van der Waals surface area (Å²) in [4.78, 5) is 13.9. The lowest BCUT2D eigenvalue weighted by Crippen LogP contribution is -2.19. The summed E-state index contributed by atoms with van der Waals surface area (Å²) >= 11 is 0. The predicted molar refractivity (Wildman–Crippen MR) is 43.7 cm³/mol. The van der Waals surface area contributed by atoms with E-state index in [1.165, 1.54) is 19.3 Å². The zero-order chi connectivity index (χ0) is 7.68. The summed E-state index contributed by atoms with van der Waals surface area (Å²) in [6.07, 6.45) is 5.34. The monoisotopic (exact) mass is 149 g/mol. The molecule has 11 heavy (non-hydrogen) atoms. The molecular weight excluding hydrogens is 138 g/mol. The molecule has 58 valence electrons. The van der Waals surface area contributed by atoms with Crippen molar-refractivity contribution >= 4 is 0 Å². The molecular formula is C9H11NO. The number of rotatable bonds is 1. The van der Waals surface area contributed by atoms with Gasteiger partial charge in [0.2, 0.25) is 0 Å². The first kappa shape index (κ1) is 6.65. The summed E-state index contributed by atoms with van der Waals surface area (Å²) in [5.74, 6) is 0.542. The van der Waals surface area contributed by atoms with Gasteiger partial charge in [0.1, 0.15) is 0 Å². The Hall–Kier alpha value is -1.05. The topological polar surface area (TPSA) is 32.9 Å². The lowest BCUT2D eigenvalue weighted by molar-refractivity contribution is 0.416. The van der Waals surface area contributed by atoms with Gasteiger partial charge < -0.3 is 4.98 Å². The predicted octanol–water partition coefficient (Wildman–Crippen LogP) is 1.64. The van der Waals surface area contributed by atoms with E-state index in [4.69, 9.17) is 0 Å². The van der Waals surface area contributed by atoms with Crippen LogP contribution >= 0.6 is 0 Å². The molecule has 0 unspecified atom stereocenters. The third-order valence-electron chi connectivity index (χ3n) is 2.39. The molecule has 1 aromatic rings. The van der Waals surface area contributed by atoms with Crippen LogP contribution in [0.2, 0.25) is 0 Å². The van der Waals surface area contributed by atoms with Gasteiger partial charge in [0, 0.05) is 11.8 Å². The summed E-state index contributed by atoms with van der Waals surface area (Å²) < 4.78 is 0. The smallest absolute Gasteiger partial charge is 0.251 e. The van der Waals surface area contributed by atoms with E-state index in [0.717, 1.165) is 5.56 Å². The van der Waals surface area contributed by atoms with E-state index in [1.54, 1.807) is 6.20 Å². The minimum absolute atomic E-state index is 0.0946. The molecule has 2 heteroatoms. The van der Waals surface area contributed by atoms with Gasteiger partial charge >= 0.3 is 0 Å². The number of pyridine rings is 1. The second kappa shape index (κ2) is 2.53. The number of nitrogens with one attached hydrogen (secondary N) is 1. The second-order valence-electron chi connectivity index (χ2n) is 3.08. The van der Waals surface area contributed by atoms with Crippen LogP contribution in [0.5, 0.6) is 0 Å². The van der Waals surface area contributed by atoms with Crippen LogP contribution in [0.25, 0.3) is 0 Å². The molecule has 1 aliphatic carbocycles. The molecule has 1 N–H and O–H groups in total. The van der Waals surface area contributed by atoms with E-state index >= 15 is 0 Å². The van der Waals surface area contributed by atoms with E-state index in [1.807, 2.05) is 12.1 Å². The van der Waals surface area contributed by atoms with Crippen LogP contribution in [0.1, 0.15) is 30.7 Å². The maximum Gasteiger partial charge on any atom is 0.251 e. The van der Waals surface area contributed by atoms with Crippen LogP contribution in [0, 0.1) is 0 Å². The van der Waals surface area contributed by atoms with Crippen molar-refractivity contribution in [2.75, 3.05) is 0 Å². The maximum atomic E-state index is 11.2. The first-order valence-electron chi connectivity index (χ1n) is 4.05. The molecule has 0 bridgehead atoms. The molecule has 1 aromatic heterocycles. The third-order valence-corrected chi connectivity index (χ3v) is 2.39. The fourth-order valence-corrected chi connectivity index (χ4v) is 1.48. The Balaban J connectivity index is 2.36. The summed E-state index contributed by atoms with van der Waals surface area (Å²) in [6.45, 7) is 0. The molecule has 0 aromatic carbocycles. The molecule has 2 rings (SSSR count). The van der Waals surface area contributed by atoms with Gasteiger partial charge in [0.15, 0.2) is 0 Å². The minimum Gasteiger partial charge on any atom is -0.329 e. The van der Waals surface area contributed by atoms with E-state index < -0.39 is 0 Å². The van der Waals surface area contributed by atoms with Crippen molar-refractivity contribution in [1.29, 1.82) is 0 Å². The Labute approximate surface area is 65.3 Å². The molecule has 0 atom stereocenters. The lowest BCUT2D eigenvalue weighted by Gasteiger charge is -2.24. The highest BCUT2D eigenvalue weighted by atomic mass is 16.1.